The van der Waals surface area contributed by atoms with Crippen LogP contribution in [-0.4, -0.2) is 57.8 Å². The van der Waals surface area contributed by atoms with Crippen molar-refractivity contribution in [2.45, 2.75) is 13.0 Å². The standard InChI is InChI=1S/C18H19FN4OS/c1-12-9-22(8-7-21(12)2)17(24)16-11-25-18-20-15(10-23(16)18)13-3-5-14(19)6-4-13/h3-6,10-12H,7-9H2,1-2H3/t12-/m1/s1. The van der Waals surface area contributed by atoms with Crippen LogP contribution < -0.4 is 0 Å². The Morgan fingerprint density at radius 1 is 1.28 bits per heavy atom. The molecule has 0 saturated carbocycles. The van der Waals surface area contributed by atoms with Crippen LogP contribution in [0, 0.1) is 5.82 Å². The zero-order chi connectivity index (χ0) is 17.6. The largest absolute Gasteiger partial charge is 0.334 e. The molecule has 0 bridgehead atoms. The predicted octanol–water partition coefficient (Wildman–Crippen LogP) is 2.98. The summed E-state index contributed by atoms with van der Waals surface area (Å²) in [5.41, 5.74) is 2.22. The SMILES string of the molecule is C[C@@H]1CN(C(=O)c2csc3nc(-c4ccc(F)cc4)cn23)CCN1C. The number of halogens is 1. The van der Waals surface area contributed by atoms with Crippen LogP contribution in [0.4, 0.5) is 4.39 Å². The molecule has 1 saturated heterocycles. The lowest BCUT2D eigenvalue weighted by atomic mass is 10.2. The van der Waals surface area contributed by atoms with Crippen LogP contribution in [0.25, 0.3) is 16.2 Å². The number of aromatic nitrogens is 2. The van der Waals surface area contributed by atoms with Gasteiger partial charge in [-0.1, -0.05) is 0 Å². The third-order valence-corrected chi connectivity index (χ3v) is 5.65. The van der Waals surface area contributed by atoms with Crippen LogP contribution in [0.5, 0.6) is 0 Å². The van der Waals surface area contributed by atoms with E-state index in [1.807, 2.05) is 20.9 Å². The fourth-order valence-corrected chi connectivity index (χ4v) is 3.94. The van der Waals surface area contributed by atoms with Crippen molar-refractivity contribution < 1.29 is 9.18 Å². The Balaban J connectivity index is 1.64. The molecule has 3 heterocycles. The molecule has 0 unspecified atom stereocenters. The second-order valence-electron chi connectivity index (χ2n) is 6.49. The number of nitrogens with zero attached hydrogens (tertiary/aromatic N) is 4. The van der Waals surface area contributed by atoms with Crippen molar-refractivity contribution in [1.29, 1.82) is 0 Å². The Labute approximate surface area is 149 Å². The van der Waals surface area contributed by atoms with Gasteiger partial charge in [-0.3, -0.25) is 9.20 Å². The van der Waals surface area contributed by atoms with E-state index < -0.39 is 0 Å². The van der Waals surface area contributed by atoms with Crippen molar-refractivity contribution in [2.75, 3.05) is 26.7 Å². The summed E-state index contributed by atoms with van der Waals surface area (Å²) in [5.74, 6) is -0.237. The van der Waals surface area contributed by atoms with Crippen molar-refractivity contribution in [3.05, 3.63) is 47.4 Å². The number of fused-ring (bicyclic) bond motifs is 1. The fourth-order valence-electron chi connectivity index (χ4n) is 3.09. The monoisotopic (exact) mass is 358 g/mol. The van der Waals surface area contributed by atoms with Crippen LogP contribution in [0.3, 0.4) is 0 Å². The number of carbonyl (C=O) groups excluding carboxylic acids is 1. The van der Waals surface area contributed by atoms with Crippen LogP contribution in [-0.2, 0) is 0 Å². The second-order valence-corrected chi connectivity index (χ2v) is 7.32. The van der Waals surface area contributed by atoms with E-state index in [1.54, 1.807) is 12.1 Å². The van der Waals surface area contributed by atoms with Gasteiger partial charge in [0.05, 0.1) is 5.69 Å². The normalized spacial score (nSPS) is 18.8. The Bertz CT molecular complexity index is 917. The van der Waals surface area contributed by atoms with Gasteiger partial charge in [-0.05, 0) is 38.2 Å². The van der Waals surface area contributed by atoms with Gasteiger partial charge in [0.2, 0.25) is 0 Å². The van der Waals surface area contributed by atoms with Gasteiger partial charge < -0.3 is 9.80 Å². The van der Waals surface area contributed by atoms with Crippen LogP contribution in [0.15, 0.2) is 35.8 Å². The number of likely N-dealkylation sites (N-methyl/N-ethyl adjacent to an activating group) is 1. The number of hydrogen-bond donors (Lipinski definition) is 0. The fraction of sp³-hybridized carbons (Fsp3) is 0.333. The highest BCUT2D eigenvalue weighted by Crippen LogP contribution is 2.25. The van der Waals surface area contributed by atoms with E-state index in [1.165, 1.54) is 23.5 Å². The van der Waals surface area contributed by atoms with Crippen LogP contribution >= 0.6 is 11.3 Å². The number of amides is 1. The highest BCUT2D eigenvalue weighted by molar-refractivity contribution is 7.15. The summed E-state index contributed by atoms with van der Waals surface area (Å²) in [6.45, 7) is 4.47. The zero-order valence-electron chi connectivity index (χ0n) is 14.1. The molecule has 0 N–H and O–H groups in total. The Morgan fingerprint density at radius 2 is 2.04 bits per heavy atom. The molecular formula is C18H19FN4OS. The summed E-state index contributed by atoms with van der Waals surface area (Å²) in [5, 5.41) is 1.86. The van der Waals surface area contributed by atoms with Gasteiger partial charge in [-0.15, -0.1) is 11.3 Å². The van der Waals surface area contributed by atoms with E-state index >= 15 is 0 Å². The Morgan fingerprint density at radius 3 is 2.76 bits per heavy atom. The summed E-state index contributed by atoms with van der Waals surface area (Å²) < 4.78 is 14.9. The lowest BCUT2D eigenvalue weighted by molar-refractivity contribution is 0.0566. The maximum atomic E-state index is 13.1. The zero-order valence-corrected chi connectivity index (χ0v) is 15.0. The van der Waals surface area contributed by atoms with Crippen molar-refractivity contribution >= 4 is 22.2 Å². The van der Waals surface area contributed by atoms with Crippen molar-refractivity contribution in [2.24, 2.45) is 0 Å². The molecule has 1 aliphatic rings. The first kappa shape index (κ1) is 16.2. The van der Waals surface area contributed by atoms with E-state index in [9.17, 15) is 9.18 Å². The van der Waals surface area contributed by atoms with E-state index in [2.05, 4.69) is 23.9 Å². The number of thiazole rings is 1. The minimum absolute atomic E-state index is 0.0363. The molecule has 4 rings (SSSR count). The molecule has 1 aliphatic heterocycles. The first-order chi connectivity index (χ1) is 12.0. The Hall–Kier alpha value is -2.25. The number of carbonyl (C=O) groups is 1. The summed E-state index contributed by atoms with van der Waals surface area (Å²) in [6, 6.07) is 6.59. The minimum Gasteiger partial charge on any atom is -0.334 e. The number of imidazole rings is 1. The summed E-state index contributed by atoms with van der Waals surface area (Å²) in [4.78, 5) is 22.4. The number of piperazine rings is 1. The predicted molar refractivity (Wildman–Crippen MR) is 96.5 cm³/mol. The van der Waals surface area contributed by atoms with Gasteiger partial charge in [0.1, 0.15) is 11.5 Å². The molecule has 5 nitrogen and oxygen atoms in total. The second kappa shape index (κ2) is 6.24. The quantitative estimate of drug-likeness (QED) is 0.707. The van der Waals surface area contributed by atoms with Gasteiger partial charge in [0.15, 0.2) is 4.96 Å². The molecule has 1 fully saturated rings. The molecule has 0 spiro atoms. The molecule has 3 aromatic rings. The minimum atomic E-state index is -0.273. The smallest absolute Gasteiger partial charge is 0.271 e. The summed E-state index contributed by atoms with van der Waals surface area (Å²) in [6.07, 6.45) is 1.85. The average molecular weight is 358 g/mol. The third kappa shape index (κ3) is 2.94. The molecule has 7 heteroatoms. The van der Waals surface area contributed by atoms with Gasteiger partial charge in [-0.25, -0.2) is 9.37 Å². The van der Waals surface area contributed by atoms with Crippen molar-refractivity contribution in [1.82, 2.24) is 19.2 Å². The maximum absolute atomic E-state index is 13.1. The van der Waals surface area contributed by atoms with Gasteiger partial charge >= 0.3 is 0 Å². The molecule has 25 heavy (non-hydrogen) atoms. The maximum Gasteiger partial charge on any atom is 0.271 e. The molecule has 1 amide bonds. The van der Waals surface area contributed by atoms with Gasteiger partial charge in [-0.2, -0.15) is 0 Å². The molecule has 0 radical (unpaired) electrons. The molecular weight excluding hydrogens is 339 g/mol. The van der Waals surface area contributed by atoms with E-state index in [0.29, 0.717) is 11.7 Å². The number of benzene rings is 1. The molecule has 1 aromatic carbocycles. The van der Waals surface area contributed by atoms with Crippen LogP contribution in [0.1, 0.15) is 17.4 Å². The van der Waals surface area contributed by atoms with E-state index in [-0.39, 0.29) is 11.7 Å². The topological polar surface area (TPSA) is 40.9 Å². The van der Waals surface area contributed by atoms with E-state index in [0.717, 1.165) is 35.9 Å². The highest BCUT2D eigenvalue weighted by atomic mass is 32.1. The Kier molecular flexibility index (Phi) is 4.05. The molecule has 2 aromatic heterocycles. The average Bonchev–Trinajstić information content (AvgIpc) is 3.18. The first-order valence-electron chi connectivity index (χ1n) is 8.25. The lowest BCUT2D eigenvalue weighted by Gasteiger charge is -2.37. The number of rotatable bonds is 2. The van der Waals surface area contributed by atoms with Crippen molar-refractivity contribution in [3.63, 3.8) is 0 Å². The lowest BCUT2D eigenvalue weighted by Crippen LogP contribution is -2.52. The van der Waals surface area contributed by atoms with Crippen molar-refractivity contribution in [3.8, 4) is 11.3 Å². The number of hydrogen-bond acceptors (Lipinski definition) is 4. The third-order valence-electron chi connectivity index (χ3n) is 4.82. The van der Waals surface area contributed by atoms with Gasteiger partial charge in [0.25, 0.3) is 5.91 Å². The summed E-state index contributed by atoms with van der Waals surface area (Å²) >= 11 is 1.45. The van der Waals surface area contributed by atoms with Crippen LogP contribution in [0.2, 0.25) is 0 Å². The first-order valence-corrected chi connectivity index (χ1v) is 9.13. The highest BCUT2D eigenvalue weighted by Gasteiger charge is 2.27. The molecule has 1 atom stereocenters. The van der Waals surface area contributed by atoms with Gasteiger partial charge in [0, 0.05) is 42.8 Å². The van der Waals surface area contributed by atoms with E-state index in [4.69, 9.17) is 0 Å². The summed E-state index contributed by atoms with van der Waals surface area (Å²) in [7, 11) is 2.08. The molecule has 130 valence electrons. The molecule has 0 aliphatic carbocycles.